The molecule has 1 aromatic carbocycles. The molecule has 112 valence electrons. The monoisotopic (exact) mass is 295 g/mol. The van der Waals surface area contributed by atoms with E-state index in [0.29, 0.717) is 0 Å². The molecular weight excluding hydrogens is 270 g/mol. The number of carbonyl (C=O) groups excluding carboxylic acids is 1. The van der Waals surface area contributed by atoms with Crippen LogP contribution in [0, 0.1) is 0 Å². The number of benzene rings is 1. The lowest BCUT2D eigenvalue weighted by atomic mass is 9.87. The molecule has 0 amide bonds. The van der Waals surface area contributed by atoms with Crippen molar-refractivity contribution in [3.05, 3.63) is 34.9 Å². The Kier molecular flexibility index (Phi) is 6.22. The minimum Gasteiger partial charge on any atom is -0.304 e. The van der Waals surface area contributed by atoms with Gasteiger partial charge in [-0.05, 0) is 58.0 Å². The molecular formula is C17H26ClNO. The van der Waals surface area contributed by atoms with E-state index in [0.717, 1.165) is 17.0 Å². The van der Waals surface area contributed by atoms with E-state index in [9.17, 15) is 4.79 Å². The van der Waals surface area contributed by atoms with Gasteiger partial charge < -0.3 is 4.90 Å². The van der Waals surface area contributed by atoms with Crippen molar-refractivity contribution in [2.75, 3.05) is 14.1 Å². The molecule has 1 unspecified atom stereocenters. The Morgan fingerprint density at radius 2 is 1.75 bits per heavy atom. The second-order valence-electron chi connectivity index (χ2n) is 5.54. The lowest BCUT2D eigenvalue weighted by molar-refractivity contribution is -0.118. The van der Waals surface area contributed by atoms with E-state index in [1.165, 1.54) is 12.8 Å². The summed E-state index contributed by atoms with van der Waals surface area (Å²) in [6.07, 6.45) is 3.30. The summed E-state index contributed by atoms with van der Waals surface area (Å²) in [7, 11) is 4.21. The number of Topliss-reactive ketones (excluding diaryl/α,β-unsaturated/α-hetero) is 1. The van der Waals surface area contributed by atoms with Crippen LogP contribution >= 0.6 is 11.6 Å². The summed E-state index contributed by atoms with van der Waals surface area (Å²) in [5.41, 5.74) is 1.32. The summed E-state index contributed by atoms with van der Waals surface area (Å²) in [6, 6.07) is 7.67. The van der Waals surface area contributed by atoms with Crippen LogP contribution in [0.5, 0.6) is 0 Å². The Morgan fingerprint density at radius 3 is 2.10 bits per heavy atom. The number of nitrogens with zero attached hydrogens (tertiary/aromatic N) is 1. The fourth-order valence-electron chi connectivity index (χ4n) is 2.55. The number of halogens is 1. The van der Waals surface area contributed by atoms with E-state index in [2.05, 4.69) is 19.0 Å². The fourth-order valence-corrected chi connectivity index (χ4v) is 2.68. The third-order valence-corrected chi connectivity index (χ3v) is 4.38. The SMILES string of the molecule is CC.CC(=O)C(CC1(N(C)C)CC1)c1ccc(Cl)cc1. The van der Waals surface area contributed by atoms with Crippen molar-refractivity contribution in [2.24, 2.45) is 0 Å². The van der Waals surface area contributed by atoms with Gasteiger partial charge >= 0.3 is 0 Å². The molecule has 0 N–H and O–H groups in total. The number of ketones is 1. The van der Waals surface area contributed by atoms with Crippen molar-refractivity contribution >= 4 is 17.4 Å². The van der Waals surface area contributed by atoms with Crippen LogP contribution in [-0.2, 0) is 4.79 Å². The molecule has 0 aliphatic heterocycles. The molecule has 3 heteroatoms. The average molecular weight is 296 g/mol. The first-order valence-electron chi connectivity index (χ1n) is 7.38. The first-order valence-corrected chi connectivity index (χ1v) is 7.76. The van der Waals surface area contributed by atoms with Gasteiger partial charge in [-0.3, -0.25) is 4.79 Å². The molecule has 20 heavy (non-hydrogen) atoms. The van der Waals surface area contributed by atoms with Gasteiger partial charge in [0.25, 0.3) is 0 Å². The smallest absolute Gasteiger partial charge is 0.137 e. The molecule has 0 heterocycles. The summed E-state index contributed by atoms with van der Waals surface area (Å²) in [6.45, 7) is 5.69. The van der Waals surface area contributed by atoms with Gasteiger partial charge in [0.1, 0.15) is 5.78 Å². The van der Waals surface area contributed by atoms with Gasteiger partial charge in [-0.1, -0.05) is 37.6 Å². The van der Waals surface area contributed by atoms with Gasteiger partial charge in [0.05, 0.1) is 0 Å². The van der Waals surface area contributed by atoms with Crippen molar-refractivity contribution in [3.8, 4) is 0 Å². The molecule has 1 aliphatic carbocycles. The molecule has 1 aromatic rings. The first-order chi connectivity index (χ1) is 9.44. The lowest BCUT2D eigenvalue weighted by Crippen LogP contribution is -2.33. The lowest BCUT2D eigenvalue weighted by Gasteiger charge is -2.27. The number of hydrogen-bond acceptors (Lipinski definition) is 2. The summed E-state index contributed by atoms with van der Waals surface area (Å²) in [4.78, 5) is 14.2. The highest BCUT2D eigenvalue weighted by Gasteiger charge is 2.46. The summed E-state index contributed by atoms with van der Waals surface area (Å²) >= 11 is 5.90. The van der Waals surface area contributed by atoms with E-state index in [1.54, 1.807) is 6.92 Å². The predicted octanol–water partition coefficient (Wildman–Crippen LogP) is 4.52. The van der Waals surface area contributed by atoms with Crippen LogP contribution in [0.25, 0.3) is 0 Å². The van der Waals surface area contributed by atoms with E-state index >= 15 is 0 Å². The highest BCUT2D eigenvalue weighted by Crippen LogP contribution is 2.47. The van der Waals surface area contributed by atoms with Gasteiger partial charge in [0, 0.05) is 16.5 Å². The predicted molar refractivity (Wildman–Crippen MR) is 86.5 cm³/mol. The van der Waals surface area contributed by atoms with Crippen LogP contribution < -0.4 is 0 Å². The second kappa shape index (κ2) is 7.24. The fraction of sp³-hybridized carbons (Fsp3) is 0.588. The number of rotatable bonds is 5. The minimum absolute atomic E-state index is 0.00725. The van der Waals surface area contributed by atoms with Crippen LogP contribution in [0.15, 0.2) is 24.3 Å². The van der Waals surface area contributed by atoms with Crippen molar-refractivity contribution in [1.82, 2.24) is 4.90 Å². The topological polar surface area (TPSA) is 20.3 Å². The summed E-state index contributed by atoms with van der Waals surface area (Å²) in [5.74, 6) is 0.234. The molecule has 0 bridgehead atoms. The zero-order valence-corrected chi connectivity index (χ0v) is 14.0. The maximum Gasteiger partial charge on any atom is 0.137 e. The first kappa shape index (κ1) is 17.2. The molecule has 2 rings (SSSR count). The Morgan fingerprint density at radius 1 is 1.25 bits per heavy atom. The summed E-state index contributed by atoms with van der Waals surface area (Å²) in [5, 5.41) is 0.717. The van der Waals surface area contributed by atoms with Crippen molar-refractivity contribution in [2.45, 2.75) is 51.5 Å². The molecule has 0 saturated heterocycles. The third kappa shape index (κ3) is 4.07. The minimum atomic E-state index is -0.00725. The van der Waals surface area contributed by atoms with E-state index in [4.69, 9.17) is 11.6 Å². The van der Waals surface area contributed by atoms with Gasteiger partial charge in [-0.25, -0.2) is 0 Å². The molecule has 1 aliphatic rings. The van der Waals surface area contributed by atoms with Crippen molar-refractivity contribution in [1.29, 1.82) is 0 Å². The molecule has 0 spiro atoms. The summed E-state index contributed by atoms with van der Waals surface area (Å²) < 4.78 is 0. The molecule has 2 nitrogen and oxygen atoms in total. The van der Waals surface area contributed by atoms with E-state index in [1.807, 2.05) is 38.1 Å². The molecule has 1 atom stereocenters. The largest absolute Gasteiger partial charge is 0.304 e. The highest BCUT2D eigenvalue weighted by molar-refractivity contribution is 6.30. The van der Waals surface area contributed by atoms with E-state index < -0.39 is 0 Å². The van der Waals surface area contributed by atoms with Gasteiger partial charge in [0.2, 0.25) is 0 Å². The van der Waals surface area contributed by atoms with Crippen molar-refractivity contribution in [3.63, 3.8) is 0 Å². The van der Waals surface area contributed by atoms with Crippen LogP contribution in [0.3, 0.4) is 0 Å². The van der Waals surface area contributed by atoms with E-state index in [-0.39, 0.29) is 17.2 Å². The normalized spacial score (nSPS) is 17.1. The Hall–Kier alpha value is -0.860. The standard InChI is InChI=1S/C15H20ClNO.C2H6/c1-11(18)14(10-15(8-9-15)17(2)3)12-4-6-13(16)7-5-12;1-2/h4-7,14H,8-10H2,1-3H3;1-2H3. The molecule has 1 saturated carbocycles. The molecule has 1 fully saturated rings. The van der Waals surface area contributed by atoms with Crippen LogP contribution in [0.4, 0.5) is 0 Å². The van der Waals surface area contributed by atoms with Gasteiger partial charge in [-0.15, -0.1) is 0 Å². The maximum atomic E-state index is 11.9. The number of hydrogen-bond donors (Lipinski definition) is 0. The van der Waals surface area contributed by atoms with Crippen LogP contribution in [0.1, 0.15) is 51.5 Å². The third-order valence-electron chi connectivity index (χ3n) is 4.12. The maximum absolute atomic E-state index is 11.9. The molecule has 0 aromatic heterocycles. The van der Waals surface area contributed by atoms with Gasteiger partial charge in [0.15, 0.2) is 0 Å². The van der Waals surface area contributed by atoms with Gasteiger partial charge in [-0.2, -0.15) is 0 Å². The zero-order valence-electron chi connectivity index (χ0n) is 13.2. The Bertz CT molecular complexity index is 435. The Balaban J connectivity index is 0.000000956. The van der Waals surface area contributed by atoms with Crippen molar-refractivity contribution < 1.29 is 4.79 Å². The molecule has 0 radical (unpaired) electrons. The zero-order chi connectivity index (χ0) is 15.3. The average Bonchev–Trinajstić information content (AvgIpc) is 3.20. The van der Waals surface area contributed by atoms with Crippen LogP contribution in [0.2, 0.25) is 5.02 Å². The Labute approximate surface area is 128 Å². The highest BCUT2D eigenvalue weighted by atomic mass is 35.5. The number of carbonyl (C=O) groups is 1. The van der Waals surface area contributed by atoms with Crippen LogP contribution in [-0.4, -0.2) is 30.3 Å². The second-order valence-corrected chi connectivity index (χ2v) is 5.97. The quantitative estimate of drug-likeness (QED) is 0.796.